The average molecular weight is 715 g/mol. The number of amides is 2. The molecule has 2 aromatic carbocycles. The summed E-state index contributed by atoms with van der Waals surface area (Å²) in [4.78, 5) is 42.4. The van der Waals surface area contributed by atoms with E-state index in [1.54, 1.807) is 13.3 Å². The lowest BCUT2D eigenvalue weighted by atomic mass is 9.95. The summed E-state index contributed by atoms with van der Waals surface area (Å²) in [5.74, 6) is -1.17. The number of halogens is 3. The Balaban J connectivity index is 0.000000654. The zero-order valence-electron chi connectivity index (χ0n) is 29.0. The third kappa shape index (κ3) is 9.72. The molecule has 3 aliphatic rings. The smallest absolute Gasteiger partial charge is 0.490 e. The number of hydrogen-bond acceptors (Lipinski definition) is 8. The summed E-state index contributed by atoms with van der Waals surface area (Å²) < 4.78 is 43.7. The number of alkyl halides is 3. The molecule has 0 radical (unpaired) electrons. The molecule has 3 aromatic rings. The molecule has 6 rings (SSSR count). The number of H-pyrrole nitrogens is 1. The van der Waals surface area contributed by atoms with Gasteiger partial charge in [0.1, 0.15) is 11.5 Å². The molecule has 2 saturated heterocycles. The van der Waals surface area contributed by atoms with Gasteiger partial charge in [-0.15, -0.1) is 0 Å². The third-order valence-electron chi connectivity index (χ3n) is 9.19. The molecule has 0 spiro atoms. The van der Waals surface area contributed by atoms with Crippen LogP contribution in [0.15, 0.2) is 54.9 Å². The van der Waals surface area contributed by atoms with Gasteiger partial charge in [-0.2, -0.15) is 18.3 Å². The highest BCUT2D eigenvalue weighted by molar-refractivity contribution is 5.85. The maximum absolute atomic E-state index is 14.0. The van der Waals surface area contributed by atoms with Gasteiger partial charge < -0.3 is 34.6 Å². The number of aromatic nitrogens is 2. The standard InChI is InChI=1S/C34H44N6O4.C2HF3O2/c1-34(2,33(42)38-16-13-35-14-17-38)44-29-8-4-7-28(19-29)39-15-5-6-25(23-39)32(41)40(27-10-11-27)22-24-9-12-30(31(18-24)43-3)26-20-36-37-21-26;3-2(4,5)1(6)7/h4,7-9,12,18-21,25,27,35H,5-6,10-11,13-17,22-23H2,1-3H3,(H,36,37);(H,6,7)/t25-;/m1./s1. The Labute approximate surface area is 294 Å². The number of ether oxygens (including phenoxy) is 2. The normalized spacial score (nSPS) is 18.0. The van der Waals surface area contributed by atoms with Crippen molar-refractivity contribution in [3.05, 3.63) is 60.4 Å². The monoisotopic (exact) mass is 714 g/mol. The number of hydrogen-bond donors (Lipinski definition) is 3. The van der Waals surface area contributed by atoms with Crippen LogP contribution < -0.4 is 19.7 Å². The molecule has 12 nitrogen and oxygen atoms in total. The minimum Gasteiger partial charge on any atom is -0.496 e. The van der Waals surface area contributed by atoms with Gasteiger partial charge in [-0.3, -0.25) is 14.7 Å². The first-order chi connectivity index (χ1) is 24.3. The van der Waals surface area contributed by atoms with Gasteiger partial charge in [0.15, 0.2) is 5.60 Å². The van der Waals surface area contributed by atoms with Crippen molar-refractivity contribution in [2.75, 3.05) is 51.3 Å². The number of aliphatic carboxylic acids is 1. The summed E-state index contributed by atoms with van der Waals surface area (Å²) in [6.07, 6.45) is 2.47. The lowest BCUT2D eigenvalue weighted by Gasteiger charge is -2.37. The fraction of sp³-hybridized carbons (Fsp3) is 0.500. The predicted octanol–water partition coefficient (Wildman–Crippen LogP) is 4.72. The van der Waals surface area contributed by atoms with Crippen LogP contribution in [-0.4, -0.2) is 107 Å². The van der Waals surface area contributed by atoms with Gasteiger partial charge >= 0.3 is 12.1 Å². The Bertz CT molecular complexity index is 1660. The van der Waals surface area contributed by atoms with Gasteiger partial charge in [-0.1, -0.05) is 18.2 Å². The number of carboxylic acid groups (broad SMARTS) is 1. The zero-order chi connectivity index (χ0) is 36.8. The number of carboxylic acids is 1. The topological polar surface area (TPSA) is 140 Å². The third-order valence-corrected chi connectivity index (χ3v) is 9.19. The van der Waals surface area contributed by atoms with E-state index in [2.05, 4.69) is 37.4 Å². The van der Waals surface area contributed by atoms with Crippen molar-refractivity contribution in [3.8, 4) is 22.6 Å². The van der Waals surface area contributed by atoms with Crippen molar-refractivity contribution in [3.63, 3.8) is 0 Å². The number of benzene rings is 2. The van der Waals surface area contributed by atoms with E-state index in [9.17, 15) is 22.8 Å². The second-order valence-electron chi connectivity index (χ2n) is 13.5. The van der Waals surface area contributed by atoms with Gasteiger partial charge in [0.05, 0.1) is 19.2 Å². The summed E-state index contributed by atoms with van der Waals surface area (Å²) >= 11 is 0. The van der Waals surface area contributed by atoms with Crippen molar-refractivity contribution in [1.29, 1.82) is 0 Å². The molecular weight excluding hydrogens is 669 g/mol. The van der Waals surface area contributed by atoms with E-state index in [0.29, 0.717) is 38.0 Å². The zero-order valence-corrected chi connectivity index (χ0v) is 29.0. The van der Waals surface area contributed by atoms with Crippen molar-refractivity contribution < 1.29 is 42.1 Å². The number of piperazine rings is 1. The molecule has 0 unspecified atom stereocenters. The molecule has 0 bridgehead atoms. The number of nitrogens with one attached hydrogen (secondary N) is 2. The second kappa shape index (κ2) is 16.0. The van der Waals surface area contributed by atoms with Crippen LogP contribution in [0.4, 0.5) is 18.9 Å². The number of carbonyl (C=O) groups is 3. The number of aromatic amines is 1. The van der Waals surface area contributed by atoms with Gasteiger partial charge in [0, 0.05) is 80.9 Å². The SMILES string of the molecule is COc1cc(CN(C(=O)[C@@H]2CCCN(c3cccc(OC(C)(C)C(=O)N4CCNCC4)c3)C2)C2CC2)ccc1-c1cn[nH]c1.O=C(O)C(F)(F)F. The molecule has 15 heteroatoms. The highest BCUT2D eigenvalue weighted by atomic mass is 19.4. The molecule has 2 aliphatic heterocycles. The van der Waals surface area contributed by atoms with Crippen LogP contribution >= 0.6 is 0 Å². The van der Waals surface area contributed by atoms with E-state index >= 15 is 0 Å². The first kappa shape index (κ1) is 37.5. The summed E-state index contributed by atoms with van der Waals surface area (Å²) in [6.45, 7) is 8.78. The van der Waals surface area contributed by atoms with Gasteiger partial charge in [-0.05, 0) is 63.3 Å². The van der Waals surface area contributed by atoms with E-state index in [1.807, 2.05) is 55.3 Å². The lowest BCUT2D eigenvalue weighted by Crippen LogP contribution is -2.54. The molecular formula is C36H45F3N6O6. The Hall–Kier alpha value is -4.79. The lowest BCUT2D eigenvalue weighted by molar-refractivity contribution is -0.192. The number of methoxy groups -OCH3 is 1. The fourth-order valence-corrected chi connectivity index (χ4v) is 6.42. The molecule has 276 valence electrons. The summed E-state index contributed by atoms with van der Waals surface area (Å²) in [5, 5.41) is 17.3. The van der Waals surface area contributed by atoms with Crippen LogP contribution in [0.3, 0.4) is 0 Å². The van der Waals surface area contributed by atoms with E-state index < -0.39 is 17.7 Å². The molecule has 3 fully saturated rings. The Kier molecular flexibility index (Phi) is 11.8. The molecule has 2 amide bonds. The van der Waals surface area contributed by atoms with Crippen LogP contribution in [0.25, 0.3) is 11.1 Å². The average Bonchev–Trinajstić information content (AvgIpc) is 3.82. The predicted molar refractivity (Wildman–Crippen MR) is 183 cm³/mol. The first-order valence-corrected chi connectivity index (χ1v) is 17.1. The largest absolute Gasteiger partial charge is 0.496 e. The Morgan fingerprint density at radius 2 is 1.76 bits per heavy atom. The van der Waals surface area contributed by atoms with Crippen LogP contribution in [0.1, 0.15) is 45.1 Å². The number of piperidine rings is 1. The summed E-state index contributed by atoms with van der Waals surface area (Å²) in [6, 6.07) is 14.4. The number of nitrogens with zero attached hydrogens (tertiary/aromatic N) is 4. The van der Waals surface area contributed by atoms with Crippen LogP contribution in [0.2, 0.25) is 0 Å². The first-order valence-electron chi connectivity index (χ1n) is 17.1. The number of carbonyl (C=O) groups excluding carboxylic acids is 2. The highest BCUT2D eigenvalue weighted by Crippen LogP contribution is 2.35. The summed E-state index contributed by atoms with van der Waals surface area (Å²) in [7, 11) is 1.68. The molecule has 1 aliphatic carbocycles. The molecule has 1 atom stereocenters. The van der Waals surface area contributed by atoms with Crippen molar-refractivity contribution in [2.45, 2.75) is 63.9 Å². The molecule has 1 saturated carbocycles. The van der Waals surface area contributed by atoms with Crippen LogP contribution in [0.5, 0.6) is 11.5 Å². The fourth-order valence-electron chi connectivity index (χ4n) is 6.42. The minimum absolute atomic E-state index is 0.00180. The van der Waals surface area contributed by atoms with Crippen LogP contribution in [-0.2, 0) is 20.9 Å². The Morgan fingerprint density at radius 3 is 2.39 bits per heavy atom. The number of anilines is 1. The van der Waals surface area contributed by atoms with E-state index in [0.717, 1.165) is 73.4 Å². The maximum Gasteiger partial charge on any atom is 0.490 e. The van der Waals surface area contributed by atoms with Crippen LogP contribution in [0, 0.1) is 5.92 Å². The molecule has 51 heavy (non-hydrogen) atoms. The molecule has 3 heterocycles. The summed E-state index contributed by atoms with van der Waals surface area (Å²) in [5.41, 5.74) is 3.04. The maximum atomic E-state index is 14.0. The second-order valence-corrected chi connectivity index (χ2v) is 13.5. The van der Waals surface area contributed by atoms with Crippen molar-refractivity contribution in [1.82, 2.24) is 25.3 Å². The van der Waals surface area contributed by atoms with Crippen molar-refractivity contribution in [2.24, 2.45) is 5.92 Å². The van der Waals surface area contributed by atoms with Gasteiger partial charge in [0.25, 0.3) is 5.91 Å². The molecule has 3 N–H and O–H groups in total. The van der Waals surface area contributed by atoms with E-state index in [4.69, 9.17) is 19.4 Å². The van der Waals surface area contributed by atoms with Crippen molar-refractivity contribution >= 4 is 23.5 Å². The molecule has 1 aromatic heterocycles. The quantitative estimate of drug-likeness (QED) is 0.272. The van der Waals surface area contributed by atoms with E-state index in [1.165, 1.54) is 0 Å². The van der Waals surface area contributed by atoms with Gasteiger partial charge in [-0.25, -0.2) is 4.79 Å². The Morgan fingerprint density at radius 1 is 1.04 bits per heavy atom. The number of rotatable bonds is 10. The minimum atomic E-state index is -5.08. The van der Waals surface area contributed by atoms with Gasteiger partial charge in [0.2, 0.25) is 5.91 Å². The highest BCUT2D eigenvalue weighted by Gasteiger charge is 2.39. The van der Waals surface area contributed by atoms with E-state index in [-0.39, 0.29) is 17.7 Å².